The molecule has 0 bridgehead atoms. The molecule has 3 rings (SSSR count). The van der Waals surface area contributed by atoms with Gasteiger partial charge in [0.2, 0.25) is 5.91 Å². The van der Waals surface area contributed by atoms with Crippen LogP contribution in [0.5, 0.6) is 0 Å². The summed E-state index contributed by atoms with van der Waals surface area (Å²) in [4.78, 5) is 20.9. The zero-order valence-corrected chi connectivity index (χ0v) is 13.8. The number of hydrogen-bond acceptors (Lipinski definition) is 4. The average molecular weight is 320 g/mol. The van der Waals surface area contributed by atoms with Crippen molar-refractivity contribution in [2.24, 2.45) is 0 Å². The second-order valence-electron chi connectivity index (χ2n) is 5.99. The van der Waals surface area contributed by atoms with Crippen LogP contribution in [-0.2, 0) is 11.2 Å². The van der Waals surface area contributed by atoms with E-state index in [1.54, 1.807) is 18.3 Å². The van der Waals surface area contributed by atoms with E-state index in [0.717, 1.165) is 30.0 Å². The highest BCUT2D eigenvalue weighted by Crippen LogP contribution is 2.16. The molecule has 0 unspecified atom stereocenters. The van der Waals surface area contributed by atoms with E-state index in [1.165, 1.54) is 0 Å². The molecule has 122 valence electrons. The van der Waals surface area contributed by atoms with E-state index in [9.17, 15) is 4.79 Å². The van der Waals surface area contributed by atoms with Gasteiger partial charge in [0.15, 0.2) is 0 Å². The van der Waals surface area contributed by atoms with Gasteiger partial charge in [0.05, 0.1) is 18.1 Å². The third-order valence-corrected chi connectivity index (χ3v) is 4.43. The van der Waals surface area contributed by atoms with Crippen molar-refractivity contribution in [3.8, 4) is 6.07 Å². The highest BCUT2D eigenvalue weighted by molar-refractivity contribution is 5.79. The lowest BCUT2D eigenvalue weighted by atomic mass is 10.1. The number of piperazine rings is 1. The van der Waals surface area contributed by atoms with Crippen LogP contribution in [0.25, 0.3) is 0 Å². The fraction of sp³-hybridized carbons (Fsp3) is 0.316. The summed E-state index contributed by atoms with van der Waals surface area (Å²) >= 11 is 0. The molecular weight excluding hydrogens is 300 g/mol. The number of amides is 1. The molecule has 0 atom stereocenters. The summed E-state index contributed by atoms with van der Waals surface area (Å²) in [6.45, 7) is 4.88. The van der Waals surface area contributed by atoms with E-state index in [2.05, 4.69) is 16.0 Å². The summed E-state index contributed by atoms with van der Waals surface area (Å²) in [5.41, 5.74) is 2.85. The highest BCUT2D eigenvalue weighted by atomic mass is 16.2. The third kappa shape index (κ3) is 3.54. The minimum Gasteiger partial charge on any atom is -0.353 e. The SMILES string of the molecule is Cc1ccccc1CC(=O)N1CCN(c2cc(C#N)ccn2)CC1. The first-order chi connectivity index (χ1) is 11.7. The van der Waals surface area contributed by atoms with Gasteiger partial charge in [0, 0.05) is 32.4 Å². The predicted octanol–water partition coefficient (Wildman–Crippen LogP) is 2.15. The number of carbonyl (C=O) groups is 1. The predicted molar refractivity (Wildman–Crippen MR) is 92.6 cm³/mol. The highest BCUT2D eigenvalue weighted by Gasteiger charge is 2.22. The Bertz CT molecular complexity index is 773. The maximum Gasteiger partial charge on any atom is 0.227 e. The summed E-state index contributed by atoms with van der Waals surface area (Å²) < 4.78 is 0. The molecule has 1 fully saturated rings. The summed E-state index contributed by atoms with van der Waals surface area (Å²) in [7, 11) is 0. The quantitative estimate of drug-likeness (QED) is 0.869. The van der Waals surface area contributed by atoms with E-state index < -0.39 is 0 Å². The lowest BCUT2D eigenvalue weighted by Gasteiger charge is -2.35. The van der Waals surface area contributed by atoms with E-state index in [0.29, 0.717) is 25.1 Å². The zero-order valence-electron chi connectivity index (χ0n) is 13.8. The Balaban J connectivity index is 1.59. The fourth-order valence-corrected chi connectivity index (χ4v) is 2.93. The van der Waals surface area contributed by atoms with Gasteiger partial charge in [-0.3, -0.25) is 4.79 Å². The Morgan fingerprint density at radius 3 is 2.67 bits per heavy atom. The van der Waals surface area contributed by atoms with Gasteiger partial charge in [-0.05, 0) is 30.2 Å². The molecule has 0 saturated carbocycles. The van der Waals surface area contributed by atoms with Crippen LogP contribution in [0.3, 0.4) is 0 Å². The number of benzene rings is 1. The summed E-state index contributed by atoms with van der Waals surface area (Å²) in [6.07, 6.45) is 2.11. The van der Waals surface area contributed by atoms with Crippen LogP contribution in [0, 0.1) is 18.3 Å². The molecule has 0 spiro atoms. The molecule has 5 nitrogen and oxygen atoms in total. The van der Waals surface area contributed by atoms with Gasteiger partial charge >= 0.3 is 0 Å². The van der Waals surface area contributed by atoms with Crippen molar-refractivity contribution in [1.82, 2.24) is 9.88 Å². The monoisotopic (exact) mass is 320 g/mol. The maximum atomic E-state index is 12.5. The maximum absolute atomic E-state index is 12.5. The first-order valence-corrected chi connectivity index (χ1v) is 8.11. The molecule has 1 amide bonds. The molecule has 0 N–H and O–H groups in total. The van der Waals surface area contributed by atoms with Crippen LogP contribution in [-0.4, -0.2) is 42.0 Å². The molecule has 0 radical (unpaired) electrons. The molecular formula is C19H20N4O. The fourth-order valence-electron chi connectivity index (χ4n) is 2.93. The Morgan fingerprint density at radius 2 is 1.96 bits per heavy atom. The van der Waals surface area contributed by atoms with Crippen molar-refractivity contribution in [3.63, 3.8) is 0 Å². The smallest absolute Gasteiger partial charge is 0.227 e. The number of carbonyl (C=O) groups excluding carboxylic acids is 1. The Morgan fingerprint density at radius 1 is 1.21 bits per heavy atom. The molecule has 2 heterocycles. The van der Waals surface area contributed by atoms with E-state index in [1.807, 2.05) is 36.1 Å². The number of nitriles is 1. The molecule has 2 aromatic rings. The molecule has 5 heteroatoms. The van der Waals surface area contributed by atoms with Crippen LogP contribution in [0.1, 0.15) is 16.7 Å². The van der Waals surface area contributed by atoms with Crippen LogP contribution in [0.15, 0.2) is 42.6 Å². The van der Waals surface area contributed by atoms with Gasteiger partial charge in [-0.1, -0.05) is 24.3 Å². The van der Waals surface area contributed by atoms with Crippen molar-refractivity contribution in [3.05, 3.63) is 59.3 Å². The number of aromatic nitrogens is 1. The average Bonchev–Trinajstić information content (AvgIpc) is 2.64. The van der Waals surface area contributed by atoms with Crippen LogP contribution in [0.4, 0.5) is 5.82 Å². The van der Waals surface area contributed by atoms with Crippen LogP contribution < -0.4 is 4.90 Å². The molecule has 1 aromatic heterocycles. The van der Waals surface area contributed by atoms with Crippen molar-refractivity contribution in [2.45, 2.75) is 13.3 Å². The molecule has 1 aliphatic heterocycles. The van der Waals surface area contributed by atoms with Crippen molar-refractivity contribution < 1.29 is 4.79 Å². The molecule has 1 aliphatic rings. The van der Waals surface area contributed by atoms with E-state index in [4.69, 9.17) is 5.26 Å². The number of aryl methyl sites for hydroxylation is 1. The summed E-state index contributed by atoms with van der Waals surface area (Å²) in [5, 5.41) is 8.99. The Kier molecular flexibility index (Phi) is 4.76. The van der Waals surface area contributed by atoms with Gasteiger partial charge < -0.3 is 9.80 Å². The number of pyridine rings is 1. The van der Waals surface area contributed by atoms with Gasteiger partial charge in [-0.15, -0.1) is 0 Å². The lowest BCUT2D eigenvalue weighted by Crippen LogP contribution is -2.49. The summed E-state index contributed by atoms with van der Waals surface area (Å²) in [6, 6.07) is 13.6. The lowest BCUT2D eigenvalue weighted by molar-refractivity contribution is -0.130. The van der Waals surface area contributed by atoms with Gasteiger partial charge in [0.25, 0.3) is 0 Å². The first-order valence-electron chi connectivity index (χ1n) is 8.11. The normalized spacial score (nSPS) is 14.3. The standard InChI is InChI=1S/C19H20N4O/c1-15-4-2-3-5-17(15)13-19(24)23-10-8-22(9-11-23)18-12-16(14-20)6-7-21-18/h2-7,12H,8-11,13H2,1H3. The second-order valence-corrected chi connectivity index (χ2v) is 5.99. The van der Waals surface area contributed by atoms with Crippen molar-refractivity contribution in [2.75, 3.05) is 31.1 Å². The van der Waals surface area contributed by atoms with Crippen molar-refractivity contribution >= 4 is 11.7 Å². The van der Waals surface area contributed by atoms with Crippen LogP contribution >= 0.6 is 0 Å². The number of hydrogen-bond donors (Lipinski definition) is 0. The van der Waals surface area contributed by atoms with Crippen LogP contribution in [0.2, 0.25) is 0 Å². The largest absolute Gasteiger partial charge is 0.353 e. The Labute approximate surface area is 142 Å². The zero-order chi connectivity index (χ0) is 16.9. The first kappa shape index (κ1) is 16.0. The molecule has 24 heavy (non-hydrogen) atoms. The van der Waals surface area contributed by atoms with Gasteiger partial charge in [-0.2, -0.15) is 5.26 Å². The number of rotatable bonds is 3. The second kappa shape index (κ2) is 7.14. The topological polar surface area (TPSA) is 60.2 Å². The molecule has 1 saturated heterocycles. The molecule has 1 aromatic carbocycles. The number of nitrogens with zero attached hydrogens (tertiary/aromatic N) is 4. The minimum atomic E-state index is 0.169. The Hall–Kier alpha value is -2.87. The number of anilines is 1. The van der Waals surface area contributed by atoms with Crippen molar-refractivity contribution in [1.29, 1.82) is 5.26 Å². The summed E-state index contributed by atoms with van der Waals surface area (Å²) in [5.74, 6) is 0.975. The van der Waals surface area contributed by atoms with E-state index in [-0.39, 0.29) is 5.91 Å². The van der Waals surface area contributed by atoms with E-state index >= 15 is 0 Å². The van der Waals surface area contributed by atoms with Gasteiger partial charge in [0.1, 0.15) is 5.82 Å². The van der Waals surface area contributed by atoms with Gasteiger partial charge in [-0.25, -0.2) is 4.98 Å². The molecule has 0 aliphatic carbocycles. The third-order valence-electron chi connectivity index (χ3n) is 4.43. The minimum absolute atomic E-state index is 0.169.